The van der Waals surface area contributed by atoms with Gasteiger partial charge in [-0.3, -0.25) is 14.9 Å². The Hall–Kier alpha value is -3.29. The maximum atomic E-state index is 12.9. The van der Waals surface area contributed by atoms with Crippen LogP contribution < -0.4 is 14.8 Å². The first-order valence-electron chi connectivity index (χ1n) is 10.0. The van der Waals surface area contributed by atoms with Crippen molar-refractivity contribution in [1.29, 1.82) is 0 Å². The zero-order valence-electron chi connectivity index (χ0n) is 17.3. The highest BCUT2D eigenvalue weighted by Gasteiger charge is 2.31. The van der Waals surface area contributed by atoms with Gasteiger partial charge in [0.1, 0.15) is 11.5 Å². The minimum atomic E-state index is -0.424. The Morgan fingerprint density at radius 1 is 1.20 bits per heavy atom. The van der Waals surface area contributed by atoms with Gasteiger partial charge in [-0.25, -0.2) is 0 Å². The summed E-state index contributed by atoms with van der Waals surface area (Å²) in [4.78, 5) is 25.1. The number of hydrogen-bond acceptors (Lipinski definition) is 6. The number of methoxy groups -OCH3 is 2. The highest BCUT2D eigenvalue weighted by atomic mass is 16.6. The monoisotopic (exact) mass is 413 g/mol. The van der Waals surface area contributed by atoms with Crippen molar-refractivity contribution < 1.29 is 19.2 Å². The average molecular weight is 413 g/mol. The minimum Gasteiger partial charge on any atom is -0.497 e. The highest BCUT2D eigenvalue weighted by Crippen LogP contribution is 2.39. The molecule has 1 aliphatic rings. The van der Waals surface area contributed by atoms with Gasteiger partial charge in [-0.05, 0) is 49.6 Å². The van der Waals surface area contributed by atoms with Crippen LogP contribution in [0.25, 0.3) is 0 Å². The van der Waals surface area contributed by atoms with Gasteiger partial charge in [-0.1, -0.05) is 0 Å². The quantitative estimate of drug-likeness (QED) is 0.377. The minimum absolute atomic E-state index is 0.00909. The van der Waals surface area contributed by atoms with Crippen LogP contribution in [-0.2, 0) is 4.79 Å². The van der Waals surface area contributed by atoms with Crippen molar-refractivity contribution in [3.05, 3.63) is 58.1 Å². The van der Waals surface area contributed by atoms with E-state index >= 15 is 0 Å². The third kappa shape index (κ3) is 5.00. The molecule has 0 bridgehead atoms. The number of likely N-dealkylation sites (tertiary alicyclic amines) is 1. The highest BCUT2D eigenvalue weighted by molar-refractivity contribution is 5.77. The van der Waals surface area contributed by atoms with E-state index in [1.807, 2.05) is 23.1 Å². The molecule has 0 aliphatic carbocycles. The van der Waals surface area contributed by atoms with E-state index in [9.17, 15) is 14.9 Å². The molecule has 8 heteroatoms. The van der Waals surface area contributed by atoms with Crippen LogP contribution >= 0.6 is 0 Å². The standard InChI is InChI=1S/C22H27N3O5/c1-29-18-11-12-21(30-2)19(15-18)20-5-4-14-24(20)22(26)6-3-13-23-16-7-9-17(10-8-16)25(27)28/h7-12,15,20,23H,3-6,13-14H2,1-2H3. The molecule has 160 valence electrons. The van der Waals surface area contributed by atoms with E-state index in [-0.39, 0.29) is 17.6 Å². The van der Waals surface area contributed by atoms with E-state index < -0.39 is 4.92 Å². The molecule has 3 rings (SSSR count). The SMILES string of the molecule is COc1ccc(OC)c(C2CCCN2C(=O)CCCNc2ccc([N+](=O)[O-])cc2)c1. The molecule has 2 aromatic carbocycles. The Balaban J connectivity index is 1.55. The number of ether oxygens (including phenoxy) is 2. The second-order valence-electron chi connectivity index (χ2n) is 7.19. The summed E-state index contributed by atoms with van der Waals surface area (Å²) in [6.45, 7) is 1.35. The second kappa shape index (κ2) is 9.96. The summed E-state index contributed by atoms with van der Waals surface area (Å²) >= 11 is 0. The van der Waals surface area contributed by atoms with Gasteiger partial charge in [0.2, 0.25) is 5.91 Å². The molecule has 8 nitrogen and oxygen atoms in total. The third-order valence-electron chi connectivity index (χ3n) is 5.34. The summed E-state index contributed by atoms with van der Waals surface area (Å²) in [5, 5.41) is 13.9. The number of nitro benzene ring substituents is 1. The lowest BCUT2D eigenvalue weighted by atomic mass is 10.0. The van der Waals surface area contributed by atoms with Crippen molar-refractivity contribution in [1.82, 2.24) is 4.90 Å². The molecular weight excluding hydrogens is 386 g/mol. The Bertz CT molecular complexity index is 885. The van der Waals surface area contributed by atoms with Crippen LogP contribution in [0.15, 0.2) is 42.5 Å². The van der Waals surface area contributed by atoms with Crippen LogP contribution in [0, 0.1) is 10.1 Å². The second-order valence-corrected chi connectivity index (χ2v) is 7.19. The fourth-order valence-corrected chi connectivity index (χ4v) is 3.81. The number of benzene rings is 2. The van der Waals surface area contributed by atoms with Crippen molar-refractivity contribution in [3.8, 4) is 11.5 Å². The van der Waals surface area contributed by atoms with E-state index in [1.54, 1.807) is 26.4 Å². The Morgan fingerprint density at radius 3 is 2.63 bits per heavy atom. The van der Waals surface area contributed by atoms with Crippen LogP contribution in [-0.4, -0.2) is 43.0 Å². The molecule has 30 heavy (non-hydrogen) atoms. The Morgan fingerprint density at radius 2 is 1.97 bits per heavy atom. The number of hydrogen-bond donors (Lipinski definition) is 1. The van der Waals surface area contributed by atoms with Gasteiger partial charge in [0.25, 0.3) is 5.69 Å². The number of nitro groups is 1. The first kappa shape index (κ1) is 21.4. The number of anilines is 1. The number of carbonyl (C=O) groups excluding carboxylic acids is 1. The molecule has 0 spiro atoms. The summed E-state index contributed by atoms with van der Waals surface area (Å²) in [6.07, 6.45) is 2.96. The van der Waals surface area contributed by atoms with Crippen LogP contribution in [0.3, 0.4) is 0 Å². The lowest BCUT2D eigenvalue weighted by molar-refractivity contribution is -0.384. The van der Waals surface area contributed by atoms with Gasteiger partial charge in [0.15, 0.2) is 0 Å². The predicted molar refractivity (Wildman–Crippen MR) is 114 cm³/mol. The summed E-state index contributed by atoms with van der Waals surface area (Å²) in [5.41, 5.74) is 1.84. The van der Waals surface area contributed by atoms with E-state index in [0.717, 1.165) is 42.1 Å². The summed E-state index contributed by atoms with van der Waals surface area (Å²) in [5.74, 6) is 1.63. The fourth-order valence-electron chi connectivity index (χ4n) is 3.81. The van der Waals surface area contributed by atoms with Crippen molar-refractivity contribution in [2.45, 2.75) is 31.7 Å². The molecular formula is C22H27N3O5. The topological polar surface area (TPSA) is 93.9 Å². The van der Waals surface area contributed by atoms with Gasteiger partial charge in [-0.2, -0.15) is 0 Å². The molecule has 1 amide bonds. The van der Waals surface area contributed by atoms with Crippen molar-refractivity contribution >= 4 is 17.3 Å². The number of rotatable bonds is 9. The van der Waals surface area contributed by atoms with Gasteiger partial charge in [-0.15, -0.1) is 0 Å². The fraction of sp³-hybridized carbons (Fsp3) is 0.409. The number of amides is 1. The maximum Gasteiger partial charge on any atom is 0.269 e. The summed E-state index contributed by atoms with van der Waals surface area (Å²) in [7, 11) is 3.26. The third-order valence-corrected chi connectivity index (χ3v) is 5.34. The van der Waals surface area contributed by atoms with Crippen molar-refractivity contribution in [3.63, 3.8) is 0 Å². The van der Waals surface area contributed by atoms with Crippen LogP contribution in [0.2, 0.25) is 0 Å². The van der Waals surface area contributed by atoms with E-state index in [4.69, 9.17) is 9.47 Å². The molecule has 0 radical (unpaired) electrons. The van der Waals surface area contributed by atoms with E-state index in [0.29, 0.717) is 19.4 Å². The van der Waals surface area contributed by atoms with Crippen molar-refractivity contribution in [2.75, 3.05) is 32.6 Å². The molecule has 1 fully saturated rings. The first-order chi connectivity index (χ1) is 14.5. The van der Waals surface area contributed by atoms with Crippen LogP contribution in [0.4, 0.5) is 11.4 Å². The molecule has 1 unspecified atom stereocenters. The number of carbonyl (C=O) groups is 1. The molecule has 0 aromatic heterocycles. The number of nitrogens with zero attached hydrogens (tertiary/aromatic N) is 2. The number of nitrogens with one attached hydrogen (secondary N) is 1. The zero-order chi connectivity index (χ0) is 21.5. The summed E-state index contributed by atoms with van der Waals surface area (Å²) < 4.78 is 10.9. The Kier molecular flexibility index (Phi) is 7.11. The van der Waals surface area contributed by atoms with Gasteiger partial charge < -0.3 is 19.7 Å². The van der Waals surface area contributed by atoms with Gasteiger partial charge >= 0.3 is 0 Å². The smallest absolute Gasteiger partial charge is 0.269 e. The summed E-state index contributed by atoms with van der Waals surface area (Å²) in [6, 6.07) is 11.9. The normalized spacial score (nSPS) is 15.7. The van der Waals surface area contributed by atoms with Crippen LogP contribution in [0.1, 0.15) is 37.3 Å². The van der Waals surface area contributed by atoms with E-state index in [1.165, 1.54) is 12.1 Å². The molecule has 1 heterocycles. The molecule has 2 aromatic rings. The first-order valence-corrected chi connectivity index (χ1v) is 10.0. The van der Waals surface area contributed by atoms with Crippen molar-refractivity contribution in [2.24, 2.45) is 0 Å². The molecule has 1 saturated heterocycles. The lowest BCUT2D eigenvalue weighted by Crippen LogP contribution is -2.31. The van der Waals surface area contributed by atoms with E-state index in [2.05, 4.69) is 5.32 Å². The number of non-ortho nitro benzene ring substituents is 1. The van der Waals surface area contributed by atoms with Crippen LogP contribution in [0.5, 0.6) is 11.5 Å². The molecule has 1 aliphatic heterocycles. The largest absolute Gasteiger partial charge is 0.497 e. The molecule has 1 N–H and O–H groups in total. The van der Waals surface area contributed by atoms with Gasteiger partial charge in [0, 0.05) is 42.9 Å². The maximum absolute atomic E-state index is 12.9. The molecule has 0 saturated carbocycles. The lowest BCUT2D eigenvalue weighted by Gasteiger charge is -2.27. The Labute approximate surface area is 175 Å². The predicted octanol–water partition coefficient (Wildman–Crippen LogP) is 4.17. The van der Waals surface area contributed by atoms with Gasteiger partial charge in [0.05, 0.1) is 25.2 Å². The zero-order valence-corrected chi connectivity index (χ0v) is 17.3. The molecule has 1 atom stereocenters. The average Bonchev–Trinajstić information content (AvgIpc) is 3.26.